The van der Waals surface area contributed by atoms with Crippen molar-refractivity contribution in [1.82, 2.24) is 10.6 Å². The van der Waals surface area contributed by atoms with Crippen molar-refractivity contribution in [3.8, 4) is 11.5 Å². The van der Waals surface area contributed by atoms with Gasteiger partial charge < -0.3 is 25.6 Å². The van der Waals surface area contributed by atoms with Gasteiger partial charge in [-0.3, -0.25) is 0 Å². The maximum absolute atomic E-state index is 12.1. The molecule has 0 fully saturated rings. The number of benzene rings is 1. The molecule has 0 saturated carbocycles. The molecule has 1 aromatic rings. The molecule has 112 valence electrons. The highest BCUT2D eigenvalue weighted by Crippen LogP contribution is 2.32. The number of allylic oxidation sites excluding steroid dienone is 1. The predicted molar refractivity (Wildman–Crippen MR) is 73.5 cm³/mol. The van der Waals surface area contributed by atoms with Gasteiger partial charge in [-0.2, -0.15) is 0 Å². The lowest BCUT2D eigenvalue weighted by atomic mass is 9.95. The SMILES string of the molecule is CCOC(=O)C1=C(C)NC(=O)N[C@H]1c1cc(O)cc(O)c1. The molecule has 0 bridgehead atoms. The molecule has 1 aromatic carbocycles. The van der Waals surface area contributed by atoms with Crippen molar-refractivity contribution in [3.05, 3.63) is 35.0 Å². The molecule has 1 heterocycles. The van der Waals surface area contributed by atoms with E-state index in [9.17, 15) is 19.8 Å². The van der Waals surface area contributed by atoms with Crippen LogP contribution >= 0.6 is 0 Å². The quantitative estimate of drug-likeness (QED) is 0.628. The number of esters is 1. The summed E-state index contributed by atoms with van der Waals surface area (Å²) < 4.78 is 4.99. The summed E-state index contributed by atoms with van der Waals surface area (Å²) in [6.07, 6.45) is 0. The minimum atomic E-state index is -0.809. The van der Waals surface area contributed by atoms with E-state index in [0.29, 0.717) is 11.3 Å². The first-order valence-corrected chi connectivity index (χ1v) is 6.40. The van der Waals surface area contributed by atoms with Crippen LogP contribution in [-0.4, -0.2) is 28.8 Å². The predicted octanol–water partition coefficient (Wildman–Crippen LogP) is 1.29. The van der Waals surface area contributed by atoms with E-state index in [1.165, 1.54) is 12.1 Å². The summed E-state index contributed by atoms with van der Waals surface area (Å²) in [7, 11) is 0. The Bertz CT molecular complexity index is 604. The van der Waals surface area contributed by atoms with Gasteiger partial charge in [-0.15, -0.1) is 0 Å². The molecule has 1 aliphatic rings. The van der Waals surface area contributed by atoms with Gasteiger partial charge in [-0.05, 0) is 31.5 Å². The maximum Gasteiger partial charge on any atom is 0.338 e. The normalized spacial score (nSPS) is 18.0. The van der Waals surface area contributed by atoms with Crippen LogP contribution in [0.3, 0.4) is 0 Å². The van der Waals surface area contributed by atoms with E-state index >= 15 is 0 Å². The molecule has 1 atom stereocenters. The molecule has 1 aliphatic heterocycles. The zero-order valence-electron chi connectivity index (χ0n) is 11.6. The number of phenolic OH excluding ortho intramolecular Hbond substituents is 2. The van der Waals surface area contributed by atoms with E-state index in [2.05, 4.69) is 10.6 Å². The Morgan fingerprint density at radius 1 is 1.29 bits per heavy atom. The molecular weight excluding hydrogens is 276 g/mol. The van der Waals surface area contributed by atoms with E-state index in [1.807, 2.05) is 0 Å². The third kappa shape index (κ3) is 3.07. The lowest BCUT2D eigenvalue weighted by molar-refractivity contribution is -0.139. The van der Waals surface area contributed by atoms with Crippen LogP contribution in [0.4, 0.5) is 4.79 Å². The van der Waals surface area contributed by atoms with Crippen molar-refractivity contribution in [2.24, 2.45) is 0 Å². The summed E-state index contributed by atoms with van der Waals surface area (Å²) in [5, 5.41) is 24.2. The zero-order valence-corrected chi connectivity index (χ0v) is 11.6. The van der Waals surface area contributed by atoms with Gasteiger partial charge in [-0.1, -0.05) is 0 Å². The maximum atomic E-state index is 12.1. The Kier molecular flexibility index (Phi) is 4.02. The number of carbonyl (C=O) groups is 2. The van der Waals surface area contributed by atoms with Gasteiger partial charge in [0.2, 0.25) is 0 Å². The lowest BCUT2D eigenvalue weighted by Crippen LogP contribution is -2.45. The molecule has 7 nitrogen and oxygen atoms in total. The van der Waals surface area contributed by atoms with E-state index in [0.717, 1.165) is 6.07 Å². The van der Waals surface area contributed by atoms with E-state index in [1.54, 1.807) is 13.8 Å². The van der Waals surface area contributed by atoms with Crippen molar-refractivity contribution >= 4 is 12.0 Å². The van der Waals surface area contributed by atoms with Gasteiger partial charge in [0.25, 0.3) is 0 Å². The average molecular weight is 292 g/mol. The highest BCUT2D eigenvalue weighted by molar-refractivity contribution is 5.95. The molecule has 4 N–H and O–H groups in total. The van der Waals surface area contributed by atoms with Gasteiger partial charge in [0.1, 0.15) is 11.5 Å². The summed E-state index contributed by atoms with van der Waals surface area (Å²) in [6.45, 7) is 3.46. The number of phenols is 2. The zero-order chi connectivity index (χ0) is 15.6. The Morgan fingerprint density at radius 2 is 1.90 bits per heavy atom. The summed E-state index contributed by atoms with van der Waals surface area (Å²) in [5.41, 5.74) is 0.969. The molecule has 0 aliphatic carbocycles. The third-order valence-electron chi connectivity index (χ3n) is 3.02. The Balaban J connectivity index is 2.49. The number of ether oxygens (including phenoxy) is 1. The Morgan fingerprint density at radius 3 is 2.48 bits per heavy atom. The van der Waals surface area contributed by atoms with Crippen molar-refractivity contribution in [2.45, 2.75) is 19.9 Å². The molecule has 21 heavy (non-hydrogen) atoms. The van der Waals surface area contributed by atoms with Crippen LogP contribution in [0.1, 0.15) is 25.5 Å². The standard InChI is InChI=1S/C14H16N2O5/c1-3-21-13(19)11-7(2)15-14(20)16-12(11)8-4-9(17)6-10(18)5-8/h4-6,12,17-18H,3H2,1-2H3,(H2,15,16,20)/t12-/m0/s1. The number of aromatic hydroxyl groups is 2. The number of rotatable bonds is 3. The molecule has 0 aromatic heterocycles. The molecule has 2 amide bonds. The number of urea groups is 1. The smallest absolute Gasteiger partial charge is 0.338 e. The fourth-order valence-electron chi connectivity index (χ4n) is 2.21. The van der Waals surface area contributed by atoms with Crippen LogP contribution in [0, 0.1) is 0 Å². The van der Waals surface area contributed by atoms with Crippen LogP contribution in [0.25, 0.3) is 0 Å². The minimum absolute atomic E-state index is 0.168. The van der Waals surface area contributed by atoms with Crippen LogP contribution < -0.4 is 10.6 Å². The minimum Gasteiger partial charge on any atom is -0.508 e. The highest BCUT2D eigenvalue weighted by atomic mass is 16.5. The van der Waals surface area contributed by atoms with Gasteiger partial charge in [0, 0.05) is 11.8 Å². The van der Waals surface area contributed by atoms with Crippen LogP contribution in [0.15, 0.2) is 29.5 Å². The van der Waals surface area contributed by atoms with Gasteiger partial charge in [0.15, 0.2) is 0 Å². The third-order valence-corrected chi connectivity index (χ3v) is 3.02. The summed E-state index contributed by atoms with van der Waals surface area (Å²) in [4.78, 5) is 23.7. The number of hydrogen-bond donors (Lipinski definition) is 4. The van der Waals surface area contributed by atoms with E-state index in [-0.39, 0.29) is 23.7 Å². The van der Waals surface area contributed by atoms with E-state index in [4.69, 9.17) is 4.74 Å². The second kappa shape index (κ2) is 5.74. The largest absolute Gasteiger partial charge is 0.508 e. The number of nitrogens with one attached hydrogen (secondary N) is 2. The van der Waals surface area contributed by atoms with Crippen LogP contribution in [0.2, 0.25) is 0 Å². The second-order valence-electron chi connectivity index (χ2n) is 4.57. The van der Waals surface area contributed by atoms with Gasteiger partial charge in [0.05, 0.1) is 18.2 Å². The first-order valence-electron chi connectivity index (χ1n) is 6.40. The monoisotopic (exact) mass is 292 g/mol. The highest BCUT2D eigenvalue weighted by Gasteiger charge is 2.32. The fraction of sp³-hybridized carbons (Fsp3) is 0.286. The number of carbonyl (C=O) groups excluding carboxylic acids is 2. The molecule has 0 radical (unpaired) electrons. The molecule has 0 saturated heterocycles. The first-order chi connectivity index (χ1) is 9.92. The van der Waals surface area contributed by atoms with Crippen LogP contribution in [-0.2, 0) is 9.53 Å². The number of amides is 2. The van der Waals surface area contributed by atoms with Gasteiger partial charge >= 0.3 is 12.0 Å². The topological polar surface area (TPSA) is 108 Å². The summed E-state index contributed by atoms with van der Waals surface area (Å²) >= 11 is 0. The van der Waals surface area contributed by atoms with Crippen molar-refractivity contribution in [3.63, 3.8) is 0 Å². The second-order valence-corrected chi connectivity index (χ2v) is 4.57. The van der Waals surface area contributed by atoms with Gasteiger partial charge in [-0.25, -0.2) is 9.59 Å². The Labute approximate surface area is 121 Å². The van der Waals surface area contributed by atoms with Crippen molar-refractivity contribution in [1.29, 1.82) is 0 Å². The first kappa shape index (κ1) is 14.7. The summed E-state index contributed by atoms with van der Waals surface area (Å²) in [5.74, 6) is -0.910. The average Bonchev–Trinajstić information content (AvgIpc) is 2.36. The molecule has 2 rings (SSSR count). The molecule has 7 heteroatoms. The lowest BCUT2D eigenvalue weighted by Gasteiger charge is -2.28. The van der Waals surface area contributed by atoms with Crippen molar-refractivity contribution < 1.29 is 24.5 Å². The van der Waals surface area contributed by atoms with Crippen molar-refractivity contribution in [2.75, 3.05) is 6.61 Å². The van der Waals surface area contributed by atoms with Crippen LogP contribution in [0.5, 0.6) is 11.5 Å². The Hall–Kier alpha value is -2.70. The molecule has 0 unspecified atom stereocenters. The van der Waals surface area contributed by atoms with E-state index < -0.39 is 18.0 Å². The summed E-state index contributed by atoms with van der Waals surface area (Å²) in [6, 6.07) is 2.60. The molecule has 0 spiro atoms. The number of hydrogen-bond acceptors (Lipinski definition) is 5. The fourth-order valence-corrected chi connectivity index (χ4v) is 2.21. The molecular formula is C14H16N2O5.